The van der Waals surface area contributed by atoms with Crippen LogP contribution in [-0.4, -0.2) is 10.7 Å². The fourth-order valence-corrected chi connectivity index (χ4v) is 2.17. The van der Waals surface area contributed by atoms with Gasteiger partial charge in [0.15, 0.2) is 0 Å². The summed E-state index contributed by atoms with van der Waals surface area (Å²) in [5.41, 5.74) is 6.02. The number of rotatable bonds is 6. The van der Waals surface area contributed by atoms with Crippen LogP contribution in [0.1, 0.15) is 18.1 Å². The highest BCUT2D eigenvalue weighted by atomic mass is 16.5. The number of hydrogen-bond donors (Lipinski definition) is 1. The van der Waals surface area contributed by atoms with E-state index in [1.807, 2.05) is 67.6 Å². The number of nitrogens with zero attached hydrogens (tertiary/aromatic N) is 2. The molecule has 0 atom stereocenters. The minimum absolute atomic E-state index is 0.564. The Labute approximate surface area is 141 Å². The van der Waals surface area contributed by atoms with Gasteiger partial charge in [-0.2, -0.15) is 5.10 Å². The topological polar surface area (TPSA) is 46.5 Å². The number of pyridine rings is 1. The quantitative estimate of drug-likeness (QED) is 0.538. The van der Waals surface area contributed by atoms with Gasteiger partial charge >= 0.3 is 0 Å². The number of aromatic nitrogens is 1. The molecule has 0 aliphatic rings. The molecule has 0 aliphatic carbocycles. The van der Waals surface area contributed by atoms with E-state index in [9.17, 15) is 0 Å². The smallest absolute Gasteiger partial charge is 0.146 e. The van der Waals surface area contributed by atoms with Crippen molar-refractivity contribution in [2.45, 2.75) is 13.5 Å². The van der Waals surface area contributed by atoms with Gasteiger partial charge in [-0.1, -0.05) is 36.4 Å². The maximum atomic E-state index is 5.79. The molecule has 0 bridgehead atoms. The summed E-state index contributed by atoms with van der Waals surface area (Å²) in [5, 5.41) is 4.35. The first-order valence-corrected chi connectivity index (χ1v) is 7.80. The first kappa shape index (κ1) is 15.7. The van der Waals surface area contributed by atoms with Gasteiger partial charge in [-0.05, 0) is 54.4 Å². The fourth-order valence-electron chi connectivity index (χ4n) is 2.17. The van der Waals surface area contributed by atoms with Crippen molar-refractivity contribution in [3.05, 3.63) is 90.1 Å². The molecule has 24 heavy (non-hydrogen) atoms. The van der Waals surface area contributed by atoms with Gasteiger partial charge in [0.1, 0.15) is 18.2 Å². The van der Waals surface area contributed by atoms with Gasteiger partial charge < -0.3 is 4.74 Å². The van der Waals surface area contributed by atoms with Gasteiger partial charge in [-0.3, -0.25) is 5.43 Å². The molecule has 0 saturated heterocycles. The van der Waals surface area contributed by atoms with E-state index in [-0.39, 0.29) is 0 Å². The number of anilines is 1. The van der Waals surface area contributed by atoms with Crippen LogP contribution in [0.15, 0.2) is 84.1 Å². The second-order valence-corrected chi connectivity index (χ2v) is 5.32. The Morgan fingerprint density at radius 1 is 0.958 bits per heavy atom. The molecule has 4 heteroatoms. The highest BCUT2D eigenvalue weighted by Crippen LogP contribution is 2.15. The Balaban J connectivity index is 1.59. The molecule has 0 fully saturated rings. The van der Waals surface area contributed by atoms with Crippen LogP contribution in [0.2, 0.25) is 0 Å². The number of ether oxygens (including phenoxy) is 1. The lowest BCUT2D eigenvalue weighted by Gasteiger charge is -2.07. The summed E-state index contributed by atoms with van der Waals surface area (Å²) < 4.78 is 5.79. The van der Waals surface area contributed by atoms with Crippen molar-refractivity contribution in [2.24, 2.45) is 5.10 Å². The molecule has 0 saturated carbocycles. The molecule has 120 valence electrons. The molecular formula is C20H19N3O. The van der Waals surface area contributed by atoms with Crippen molar-refractivity contribution in [1.82, 2.24) is 4.98 Å². The summed E-state index contributed by atoms with van der Waals surface area (Å²) in [7, 11) is 0. The standard InChI is InChI=1S/C20H19N3O/c1-16(22-23-20-9-5-6-14-21-20)18-10-12-19(13-11-18)24-15-17-7-3-2-4-8-17/h2-14H,15H2,1H3,(H,21,23)/b22-16-. The van der Waals surface area contributed by atoms with Crippen LogP contribution in [0.5, 0.6) is 5.75 Å². The van der Waals surface area contributed by atoms with Crippen molar-refractivity contribution >= 4 is 11.5 Å². The number of nitrogens with one attached hydrogen (secondary N) is 1. The van der Waals surface area contributed by atoms with Gasteiger partial charge in [0, 0.05) is 6.20 Å². The van der Waals surface area contributed by atoms with Crippen LogP contribution >= 0.6 is 0 Å². The van der Waals surface area contributed by atoms with E-state index in [4.69, 9.17) is 4.74 Å². The molecule has 0 amide bonds. The fraction of sp³-hybridized carbons (Fsp3) is 0.100. The lowest BCUT2D eigenvalue weighted by molar-refractivity contribution is 0.306. The summed E-state index contributed by atoms with van der Waals surface area (Å²) >= 11 is 0. The second-order valence-electron chi connectivity index (χ2n) is 5.32. The van der Waals surface area contributed by atoms with E-state index in [0.717, 1.165) is 28.4 Å². The zero-order valence-corrected chi connectivity index (χ0v) is 13.5. The normalized spacial score (nSPS) is 11.1. The van der Waals surface area contributed by atoms with Crippen LogP contribution in [0.25, 0.3) is 0 Å². The molecule has 1 aromatic heterocycles. The summed E-state index contributed by atoms with van der Waals surface area (Å²) in [4.78, 5) is 4.17. The summed E-state index contributed by atoms with van der Waals surface area (Å²) in [5.74, 6) is 1.56. The molecule has 0 spiro atoms. The third-order valence-corrected chi connectivity index (χ3v) is 3.52. The maximum absolute atomic E-state index is 5.79. The van der Waals surface area contributed by atoms with E-state index in [1.165, 1.54) is 0 Å². The average Bonchev–Trinajstić information content (AvgIpc) is 2.66. The van der Waals surface area contributed by atoms with Crippen molar-refractivity contribution in [3.8, 4) is 5.75 Å². The monoisotopic (exact) mass is 317 g/mol. The van der Waals surface area contributed by atoms with E-state index in [1.54, 1.807) is 6.20 Å². The molecular weight excluding hydrogens is 298 g/mol. The number of hydrogen-bond acceptors (Lipinski definition) is 4. The lowest BCUT2D eigenvalue weighted by atomic mass is 10.1. The van der Waals surface area contributed by atoms with Gasteiger partial charge in [0.05, 0.1) is 5.71 Å². The predicted molar refractivity (Wildman–Crippen MR) is 97.3 cm³/mol. The van der Waals surface area contributed by atoms with E-state index < -0.39 is 0 Å². The molecule has 4 nitrogen and oxygen atoms in total. The van der Waals surface area contributed by atoms with Crippen LogP contribution < -0.4 is 10.2 Å². The molecule has 2 aromatic carbocycles. The van der Waals surface area contributed by atoms with Crippen molar-refractivity contribution < 1.29 is 4.74 Å². The van der Waals surface area contributed by atoms with Crippen LogP contribution in [0, 0.1) is 0 Å². The van der Waals surface area contributed by atoms with Crippen molar-refractivity contribution in [1.29, 1.82) is 0 Å². The van der Waals surface area contributed by atoms with Gasteiger partial charge in [-0.15, -0.1) is 0 Å². The van der Waals surface area contributed by atoms with Crippen molar-refractivity contribution in [2.75, 3.05) is 5.43 Å². The van der Waals surface area contributed by atoms with E-state index in [0.29, 0.717) is 6.61 Å². The Kier molecular flexibility index (Phi) is 5.20. The molecule has 0 aliphatic heterocycles. The third kappa shape index (κ3) is 4.43. The maximum Gasteiger partial charge on any atom is 0.146 e. The number of hydrazone groups is 1. The minimum Gasteiger partial charge on any atom is -0.489 e. The average molecular weight is 317 g/mol. The van der Waals surface area contributed by atoms with Crippen LogP contribution in [0.4, 0.5) is 5.82 Å². The summed E-state index contributed by atoms with van der Waals surface area (Å²) in [6.07, 6.45) is 1.73. The predicted octanol–water partition coefficient (Wildman–Crippen LogP) is 4.50. The molecule has 0 unspecified atom stereocenters. The summed E-state index contributed by atoms with van der Waals surface area (Å²) in [6, 6.07) is 23.7. The molecule has 3 aromatic rings. The largest absolute Gasteiger partial charge is 0.489 e. The Morgan fingerprint density at radius 3 is 2.42 bits per heavy atom. The molecule has 1 heterocycles. The minimum atomic E-state index is 0.564. The van der Waals surface area contributed by atoms with Gasteiger partial charge in [0.25, 0.3) is 0 Å². The van der Waals surface area contributed by atoms with E-state index in [2.05, 4.69) is 27.6 Å². The van der Waals surface area contributed by atoms with E-state index >= 15 is 0 Å². The first-order valence-electron chi connectivity index (χ1n) is 7.80. The van der Waals surface area contributed by atoms with Gasteiger partial charge in [0.2, 0.25) is 0 Å². The number of benzene rings is 2. The van der Waals surface area contributed by atoms with Crippen LogP contribution in [0.3, 0.4) is 0 Å². The zero-order chi connectivity index (χ0) is 16.6. The van der Waals surface area contributed by atoms with Gasteiger partial charge in [-0.25, -0.2) is 4.98 Å². The second kappa shape index (κ2) is 7.92. The molecule has 3 rings (SSSR count). The zero-order valence-electron chi connectivity index (χ0n) is 13.5. The Bertz CT molecular complexity index is 784. The van der Waals surface area contributed by atoms with Crippen LogP contribution in [-0.2, 0) is 6.61 Å². The molecule has 1 N–H and O–H groups in total. The first-order chi connectivity index (χ1) is 11.8. The van der Waals surface area contributed by atoms with Crippen molar-refractivity contribution in [3.63, 3.8) is 0 Å². The third-order valence-electron chi connectivity index (χ3n) is 3.52. The molecule has 0 radical (unpaired) electrons. The lowest BCUT2D eigenvalue weighted by Crippen LogP contribution is -2.01. The highest BCUT2D eigenvalue weighted by molar-refractivity contribution is 5.99. The Hall–Kier alpha value is -3.14. The summed E-state index contributed by atoms with van der Waals surface area (Å²) in [6.45, 7) is 2.52. The SMILES string of the molecule is C/C(=N/Nc1ccccn1)c1ccc(OCc2ccccc2)cc1. The Morgan fingerprint density at radius 2 is 1.71 bits per heavy atom. The highest BCUT2D eigenvalue weighted by Gasteiger charge is 2.00.